The first-order chi connectivity index (χ1) is 7.78. The minimum Gasteiger partial charge on any atom is -0.330 e. The van der Waals surface area contributed by atoms with Crippen LogP contribution in [0.2, 0.25) is 0 Å². The second-order valence-electron chi connectivity index (χ2n) is 5.87. The maximum atomic E-state index is 12.0. The van der Waals surface area contributed by atoms with Gasteiger partial charge in [-0.2, -0.15) is 0 Å². The van der Waals surface area contributed by atoms with E-state index in [9.17, 15) is 8.42 Å². The normalized spacial score (nSPS) is 21.9. The second-order valence-corrected chi connectivity index (χ2v) is 8.02. The predicted octanol–water partition coefficient (Wildman–Crippen LogP) is 1.57. The van der Waals surface area contributed by atoms with Crippen LogP contribution < -0.4 is 5.73 Å². The smallest absolute Gasteiger partial charge is 0.214 e. The van der Waals surface area contributed by atoms with Crippen LogP contribution in [0, 0.1) is 5.41 Å². The Morgan fingerprint density at radius 1 is 1.29 bits per heavy atom. The van der Waals surface area contributed by atoms with Crippen LogP contribution in [-0.4, -0.2) is 38.1 Å². The maximum absolute atomic E-state index is 12.0. The van der Waals surface area contributed by atoms with Crippen molar-refractivity contribution in [3.8, 4) is 0 Å². The molecule has 0 aliphatic heterocycles. The molecule has 0 unspecified atom stereocenters. The summed E-state index contributed by atoms with van der Waals surface area (Å²) in [4.78, 5) is 0. The molecule has 0 bridgehead atoms. The quantitative estimate of drug-likeness (QED) is 0.818. The molecule has 0 aromatic heterocycles. The van der Waals surface area contributed by atoms with Crippen molar-refractivity contribution in [3.63, 3.8) is 0 Å². The summed E-state index contributed by atoms with van der Waals surface area (Å²) in [5.74, 6) is 0.180. The molecule has 0 aromatic carbocycles. The molecule has 0 heterocycles. The Bertz CT molecular complexity index is 328. The van der Waals surface area contributed by atoms with Crippen molar-refractivity contribution in [2.45, 2.75) is 52.0 Å². The van der Waals surface area contributed by atoms with Crippen molar-refractivity contribution in [3.05, 3.63) is 0 Å². The van der Waals surface area contributed by atoms with Gasteiger partial charge in [-0.05, 0) is 44.1 Å². The summed E-state index contributed by atoms with van der Waals surface area (Å²) in [6.45, 7) is 4.95. The molecule has 0 amide bonds. The van der Waals surface area contributed by atoms with E-state index in [2.05, 4.69) is 13.8 Å². The van der Waals surface area contributed by atoms with Crippen molar-refractivity contribution in [1.82, 2.24) is 4.31 Å². The van der Waals surface area contributed by atoms with Gasteiger partial charge in [0.15, 0.2) is 0 Å². The Kier molecular flexibility index (Phi) is 4.98. The molecule has 0 radical (unpaired) electrons. The molecule has 5 heteroatoms. The van der Waals surface area contributed by atoms with E-state index in [0.717, 1.165) is 25.7 Å². The fourth-order valence-electron chi connectivity index (χ4n) is 2.38. The first-order valence-corrected chi connectivity index (χ1v) is 8.05. The Morgan fingerprint density at radius 2 is 1.82 bits per heavy atom. The van der Waals surface area contributed by atoms with Gasteiger partial charge in [-0.3, -0.25) is 0 Å². The molecule has 1 rings (SSSR count). The van der Waals surface area contributed by atoms with Gasteiger partial charge >= 0.3 is 0 Å². The van der Waals surface area contributed by atoms with E-state index in [1.807, 2.05) is 0 Å². The molecular formula is C12H26N2O2S. The fourth-order valence-corrected chi connectivity index (χ4v) is 3.87. The van der Waals surface area contributed by atoms with Gasteiger partial charge in [0.1, 0.15) is 0 Å². The van der Waals surface area contributed by atoms with Gasteiger partial charge in [-0.25, -0.2) is 12.7 Å². The van der Waals surface area contributed by atoms with Crippen LogP contribution in [0.25, 0.3) is 0 Å². The maximum Gasteiger partial charge on any atom is 0.214 e. The first kappa shape index (κ1) is 14.9. The lowest BCUT2D eigenvalue weighted by molar-refractivity contribution is 0.174. The summed E-state index contributed by atoms with van der Waals surface area (Å²) in [5.41, 5.74) is 5.74. The van der Waals surface area contributed by atoms with Gasteiger partial charge in [-0.15, -0.1) is 0 Å². The third kappa shape index (κ3) is 4.23. The summed E-state index contributed by atoms with van der Waals surface area (Å²) in [7, 11) is -1.39. The molecule has 0 saturated heterocycles. The fraction of sp³-hybridized carbons (Fsp3) is 1.00. The van der Waals surface area contributed by atoms with E-state index in [4.69, 9.17) is 5.73 Å². The summed E-state index contributed by atoms with van der Waals surface area (Å²) in [5, 5.41) is 0. The van der Waals surface area contributed by atoms with Crippen LogP contribution in [-0.2, 0) is 10.0 Å². The molecule has 0 aromatic rings. The van der Waals surface area contributed by atoms with Crippen LogP contribution in [0.1, 0.15) is 46.0 Å². The van der Waals surface area contributed by atoms with E-state index < -0.39 is 10.0 Å². The number of nitrogens with zero attached hydrogens (tertiary/aromatic N) is 1. The monoisotopic (exact) mass is 262 g/mol. The highest BCUT2D eigenvalue weighted by Crippen LogP contribution is 2.37. The topological polar surface area (TPSA) is 63.4 Å². The molecule has 1 fully saturated rings. The number of rotatable bonds is 5. The van der Waals surface area contributed by atoms with Crippen LogP contribution in [0.3, 0.4) is 0 Å². The average molecular weight is 262 g/mol. The Morgan fingerprint density at radius 3 is 2.29 bits per heavy atom. The Hall–Kier alpha value is -0.130. The zero-order chi connectivity index (χ0) is 13.1. The lowest BCUT2D eigenvalue weighted by Gasteiger charge is -2.38. The molecule has 2 N–H and O–H groups in total. The lowest BCUT2D eigenvalue weighted by atomic mass is 9.76. The van der Waals surface area contributed by atoms with Crippen LogP contribution in [0.15, 0.2) is 0 Å². The van der Waals surface area contributed by atoms with Crippen molar-refractivity contribution < 1.29 is 8.42 Å². The van der Waals surface area contributed by atoms with Crippen molar-refractivity contribution in [2.75, 3.05) is 19.3 Å². The van der Waals surface area contributed by atoms with E-state index >= 15 is 0 Å². The van der Waals surface area contributed by atoms with Gasteiger partial charge in [-0.1, -0.05) is 13.8 Å². The molecule has 17 heavy (non-hydrogen) atoms. The minimum absolute atomic E-state index is 0.180. The zero-order valence-corrected chi connectivity index (χ0v) is 12.1. The van der Waals surface area contributed by atoms with Crippen LogP contribution in [0.4, 0.5) is 0 Å². The largest absolute Gasteiger partial charge is 0.330 e. The van der Waals surface area contributed by atoms with E-state index in [0.29, 0.717) is 18.4 Å². The summed E-state index contributed by atoms with van der Waals surface area (Å²) >= 11 is 0. The van der Waals surface area contributed by atoms with Gasteiger partial charge in [0, 0.05) is 13.1 Å². The number of hydrogen-bond acceptors (Lipinski definition) is 3. The summed E-state index contributed by atoms with van der Waals surface area (Å²) < 4.78 is 25.6. The molecular weight excluding hydrogens is 236 g/mol. The Balaban J connectivity index is 2.56. The van der Waals surface area contributed by atoms with Crippen LogP contribution in [0.5, 0.6) is 0 Å². The summed E-state index contributed by atoms with van der Waals surface area (Å²) in [6.07, 6.45) is 4.71. The van der Waals surface area contributed by atoms with Gasteiger partial charge in [0.2, 0.25) is 10.0 Å². The van der Waals surface area contributed by atoms with Gasteiger partial charge in [0.05, 0.1) is 5.75 Å². The van der Waals surface area contributed by atoms with Gasteiger partial charge in [0.25, 0.3) is 0 Å². The molecule has 1 aliphatic rings. The molecule has 0 spiro atoms. The highest BCUT2D eigenvalue weighted by atomic mass is 32.2. The molecule has 1 saturated carbocycles. The zero-order valence-electron chi connectivity index (χ0n) is 11.3. The highest BCUT2D eigenvalue weighted by molar-refractivity contribution is 7.89. The van der Waals surface area contributed by atoms with Crippen molar-refractivity contribution >= 4 is 10.0 Å². The number of nitrogens with two attached hydrogens (primary N) is 1. The lowest BCUT2D eigenvalue weighted by Crippen LogP contribution is -2.42. The predicted molar refractivity (Wildman–Crippen MR) is 71.3 cm³/mol. The Labute approximate surface area is 106 Å². The molecule has 0 atom stereocenters. The number of sulfonamides is 1. The third-order valence-corrected chi connectivity index (χ3v) is 5.85. The molecule has 102 valence electrons. The van der Waals surface area contributed by atoms with Crippen molar-refractivity contribution in [2.24, 2.45) is 11.1 Å². The average Bonchev–Trinajstić information content (AvgIpc) is 2.25. The summed E-state index contributed by atoms with van der Waals surface area (Å²) in [6, 6.07) is 0.186. The molecule has 4 nitrogen and oxygen atoms in total. The first-order valence-electron chi connectivity index (χ1n) is 6.44. The molecule has 1 aliphatic carbocycles. The minimum atomic E-state index is -3.11. The third-order valence-electron chi connectivity index (χ3n) is 3.87. The van der Waals surface area contributed by atoms with Crippen LogP contribution >= 0.6 is 0 Å². The number of hydrogen-bond donors (Lipinski definition) is 1. The van der Waals surface area contributed by atoms with Crippen molar-refractivity contribution in [1.29, 1.82) is 0 Å². The van der Waals surface area contributed by atoms with Gasteiger partial charge < -0.3 is 5.73 Å². The van der Waals surface area contributed by atoms with E-state index in [1.54, 1.807) is 11.4 Å². The van der Waals surface area contributed by atoms with E-state index in [-0.39, 0.29) is 11.8 Å². The van der Waals surface area contributed by atoms with E-state index in [1.165, 1.54) is 0 Å². The second kappa shape index (κ2) is 5.67. The standard InChI is InChI=1S/C12H26N2O2S/c1-12(2)7-5-11(6-8-12)14(3)17(15,16)10-4-9-13/h11H,4-10,13H2,1-3H3. The SMILES string of the molecule is CN(C1CCC(C)(C)CC1)S(=O)(=O)CCCN. The highest BCUT2D eigenvalue weighted by Gasteiger charge is 2.32.